The molecule has 0 amide bonds. The number of halogens is 1. The number of allylic oxidation sites excluding steroid dienone is 5. The predicted octanol–water partition coefficient (Wildman–Crippen LogP) is 10.8. The highest BCUT2D eigenvalue weighted by Crippen LogP contribution is 2.76. The van der Waals surface area contributed by atoms with Gasteiger partial charge in [-0.3, -0.25) is 14.5 Å². The molecule has 4 saturated carbocycles. The van der Waals surface area contributed by atoms with Gasteiger partial charge in [0.2, 0.25) is 0 Å². The van der Waals surface area contributed by atoms with E-state index in [-0.39, 0.29) is 56.3 Å². The molecule has 0 aromatic heterocycles. The van der Waals surface area contributed by atoms with Crippen LogP contribution in [0.3, 0.4) is 0 Å². The Morgan fingerprint density at radius 2 is 1.67 bits per heavy atom. The second-order valence-corrected chi connectivity index (χ2v) is 31.7. The van der Waals surface area contributed by atoms with Crippen LogP contribution in [0.15, 0.2) is 35.5 Å². The molecule has 11 atom stereocenters. The van der Waals surface area contributed by atoms with Crippen LogP contribution in [-0.4, -0.2) is 89.6 Å². The first-order chi connectivity index (χ1) is 29.2. The van der Waals surface area contributed by atoms with E-state index in [4.69, 9.17) is 9.16 Å². The molecule has 63 heavy (non-hydrogen) atoms. The molecule has 7 rings (SSSR count). The highest BCUT2D eigenvalue weighted by molar-refractivity contribution is 7.91. The fraction of sp³-hybridized carbons (Fsp3) is 0.846. The molecule has 0 radical (unpaired) electrons. The van der Waals surface area contributed by atoms with Gasteiger partial charge < -0.3 is 14.5 Å². The van der Waals surface area contributed by atoms with Crippen molar-refractivity contribution in [3.8, 4) is 0 Å². The Labute approximate surface area is 382 Å². The van der Waals surface area contributed by atoms with Crippen molar-refractivity contribution in [1.29, 1.82) is 0 Å². The fourth-order valence-corrected chi connectivity index (χ4v) is 18.1. The topological polar surface area (TPSA) is 102 Å². The Kier molecular flexibility index (Phi) is 13.0. The third-order valence-corrected chi connectivity index (χ3v) is 26.4. The zero-order chi connectivity index (χ0) is 46.4. The van der Waals surface area contributed by atoms with Gasteiger partial charge in [-0.05, 0) is 171 Å². The minimum atomic E-state index is -3.29. The zero-order valence-electron chi connectivity index (χ0n) is 41.4. The van der Waals surface area contributed by atoms with Crippen LogP contribution >= 0.6 is 0 Å². The van der Waals surface area contributed by atoms with E-state index in [2.05, 4.69) is 99.5 Å². The summed E-state index contributed by atoms with van der Waals surface area (Å²) in [5.41, 5.74) is 3.46. The Hall–Kier alpha value is -1.82. The smallest absolute Gasteiger partial charge is 0.324 e. The third-order valence-electron chi connectivity index (χ3n) is 20.4. The lowest BCUT2D eigenvalue weighted by molar-refractivity contribution is -0.221. The van der Waals surface area contributed by atoms with Crippen LogP contribution in [-0.2, 0) is 28.6 Å². The number of hydrogen-bond acceptors (Lipinski definition) is 8. The third kappa shape index (κ3) is 8.04. The summed E-state index contributed by atoms with van der Waals surface area (Å²) in [6.07, 6.45) is 16.9. The van der Waals surface area contributed by atoms with E-state index in [0.29, 0.717) is 68.5 Å². The molecular formula is C52H85FN2O6SSi. The number of hydrogen-bond donors (Lipinski definition) is 1. The van der Waals surface area contributed by atoms with Gasteiger partial charge in [0.1, 0.15) is 12.7 Å². The minimum absolute atomic E-state index is 0.00121. The first-order valence-corrected chi connectivity index (χ1v) is 29.6. The molecule has 5 fully saturated rings. The zero-order valence-corrected chi connectivity index (χ0v) is 43.3. The van der Waals surface area contributed by atoms with E-state index in [0.717, 1.165) is 25.7 Å². The van der Waals surface area contributed by atoms with E-state index in [9.17, 15) is 22.4 Å². The number of alkyl halides is 1. The summed E-state index contributed by atoms with van der Waals surface area (Å²) in [5, 5.41) is 4.04. The molecule has 0 spiro atoms. The van der Waals surface area contributed by atoms with Crippen LogP contribution in [0.1, 0.15) is 146 Å². The largest absolute Gasteiger partial charge is 0.519 e. The van der Waals surface area contributed by atoms with Crippen LogP contribution in [0.25, 0.3) is 0 Å². The standard InChI is InChI=1S/C52H85FN2O6SSi/c1-14-60-44(56)40-33-62(58,59)32-31-55(40)30-29-54-52-26-19-37(35(2)3)43(52)39-15-16-42-48(9)22-20-38(47(7,8)41(48)21-23-50(42,11)49(39,10)27-28-52)36-17-24-51(34-53,25-18-36)45(57)61-63(12,13)46(4,5)6/h17,20,37,39-43,54H,2,14-16,18-19,21-34H2,1,3-13H3/t37-,39+,40?,41-,42+,43+,48-,49+,50+,51?,52-/m0/s1. The maximum absolute atomic E-state index is 15.0. The van der Waals surface area contributed by atoms with E-state index < -0.39 is 42.3 Å². The summed E-state index contributed by atoms with van der Waals surface area (Å²) in [6.45, 7) is 33.4. The van der Waals surface area contributed by atoms with Gasteiger partial charge in [0.25, 0.3) is 8.32 Å². The molecule has 1 aliphatic heterocycles. The monoisotopic (exact) mass is 913 g/mol. The fourth-order valence-electron chi connectivity index (χ4n) is 15.6. The van der Waals surface area contributed by atoms with Gasteiger partial charge in [0.15, 0.2) is 9.84 Å². The van der Waals surface area contributed by atoms with Crippen molar-refractivity contribution in [2.24, 2.45) is 56.7 Å². The van der Waals surface area contributed by atoms with Crippen molar-refractivity contribution < 1.29 is 31.6 Å². The van der Waals surface area contributed by atoms with Crippen LogP contribution in [0, 0.1) is 56.7 Å². The summed E-state index contributed by atoms with van der Waals surface area (Å²) in [6, 6.07) is -0.744. The van der Waals surface area contributed by atoms with E-state index in [1.165, 1.54) is 48.8 Å². The van der Waals surface area contributed by atoms with Gasteiger partial charge in [0.05, 0.1) is 23.5 Å². The first-order valence-electron chi connectivity index (χ1n) is 24.9. The molecule has 0 bridgehead atoms. The van der Waals surface area contributed by atoms with Crippen LogP contribution in [0.5, 0.6) is 0 Å². The number of nitrogens with zero attached hydrogens (tertiary/aromatic N) is 1. The molecule has 2 unspecified atom stereocenters. The van der Waals surface area contributed by atoms with Gasteiger partial charge in [-0.15, -0.1) is 0 Å². The Bertz CT molecular complexity index is 1990. The van der Waals surface area contributed by atoms with E-state index >= 15 is 0 Å². The summed E-state index contributed by atoms with van der Waals surface area (Å²) in [7, 11) is -5.67. The van der Waals surface area contributed by atoms with Gasteiger partial charge in [-0.1, -0.05) is 79.7 Å². The number of fused-ring (bicyclic) bond motifs is 7. The summed E-state index contributed by atoms with van der Waals surface area (Å²) < 4.78 is 51.8. The van der Waals surface area contributed by atoms with Gasteiger partial charge >= 0.3 is 11.9 Å². The summed E-state index contributed by atoms with van der Waals surface area (Å²) in [5.74, 6) is 1.81. The SMILES string of the molecule is C=C(C)[C@@H]1CC[C@]2(NCCN3CCS(=O)(=O)CC3C(=O)OCC)CC[C@]3(C)[C@H](CC[C@@H]4[C@@]5(C)CC=C(C6=CCC(CF)(C(=O)O[Si](C)(C)C(C)(C)C)CC6)C(C)(C)[C@@H]5CC[C@]43C)[C@@H]12. The van der Waals surface area contributed by atoms with Crippen molar-refractivity contribution in [2.75, 3.05) is 44.4 Å². The number of esters is 1. The van der Waals surface area contributed by atoms with Crippen molar-refractivity contribution in [3.63, 3.8) is 0 Å². The van der Waals surface area contributed by atoms with Crippen molar-refractivity contribution in [3.05, 3.63) is 35.5 Å². The van der Waals surface area contributed by atoms with Gasteiger partial charge in [-0.2, -0.15) is 0 Å². The normalized spacial score (nSPS) is 41.2. The molecule has 0 aromatic carbocycles. The average molecular weight is 913 g/mol. The predicted molar refractivity (Wildman–Crippen MR) is 255 cm³/mol. The molecular weight excluding hydrogens is 828 g/mol. The number of sulfone groups is 1. The number of carbonyl (C=O) groups is 2. The molecule has 7 aliphatic rings. The van der Waals surface area contributed by atoms with Crippen LogP contribution in [0.4, 0.5) is 4.39 Å². The average Bonchev–Trinajstić information content (AvgIpc) is 3.58. The Morgan fingerprint density at radius 3 is 2.29 bits per heavy atom. The minimum Gasteiger partial charge on any atom is -0.519 e. The Balaban J connectivity index is 1.10. The highest BCUT2D eigenvalue weighted by atomic mass is 32.2. The lowest BCUT2D eigenvalue weighted by Crippen LogP contribution is -2.68. The van der Waals surface area contributed by atoms with Crippen molar-refractivity contribution in [2.45, 2.75) is 176 Å². The molecule has 6 aliphatic carbocycles. The number of carbonyl (C=O) groups excluding carboxylic acids is 2. The van der Waals surface area contributed by atoms with Crippen LogP contribution < -0.4 is 5.32 Å². The molecule has 356 valence electrons. The first kappa shape index (κ1) is 49.1. The molecule has 0 aromatic rings. The van der Waals surface area contributed by atoms with Gasteiger partial charge in [-0.25, -0.2) is 12.8 Å². The molecule has 1 saturated heterocycles. The second-order valence-electron chi connectivity index (χ2n) is 24.7. The maximum Gasteiger partial charge on any atom is 0.324 e. The van der Waals surface area contributed by atoms with Gasteiger partial charge in [0, 0.05) is 25.2 Å². The maximum atomic E-state index is 15.0. The van der Waals surface area contributed by atoms with Crippen molar-refractivity contribution in [1.82, 2.24) is 10.2 Å². The molecule has 8 nitrogen and oxygen atoms in total. The highest BCUT2D eigenvalue weighted by Gasteiger charge is 2.70. The quantitative estimate of drug-likeness (QED) is 0.124. The van der Waals surface area contributed by atoms with Crippen molar-refractivity contribution >= 4 is 30.1 Å². The van der Waals surface area contributed by atoms with E-state index in [1.54, 1.807) is 6.92 Å². The molecule has 1 heterocycles. The summed E-state index contributed by atoms with van der Waals surface area (Å²) in [4.78, 5) is 28.7. The number of ether oxygens (including phenoxy) is 1. The lowest BCUT2D eigenvalue weighted by atomic mass is 9.33. The summed E-state index contributed by atoms with van der Waals surface area (Å²) >= 11 is 0. The second kappa shape index (κ2) is 16.7. The van der Waals surface area contributed by atoms with Crippen LogP contribution in [0.2, 0.25) is 18.1 Å². The van der Waals surface area contributed by atoms with E-state index in [1.807, 2.05) is 4.90 Å². The Morgan fingerprint density at radius 1 is 0.952 bits per heavy atom. The number of rotatable bonds is 11. The number of nitrogens with one attached hydrogen (secondary N) is 1. The molecule has 11 heteroatoms. The lowest BCUT2D eigenvalue weighted by Gasteiger charge is -2.72. The molecule has 1 N–H and O–H groups in total.